The molecule has 1 aliphatic rings. The number of benzene rings is 2. The lowest BCUT2D eigenvalue weighted by atomic mass is 10.2. The summed E-state index contributed by atoms with van der Waals surface area (Å²) in [6, 6.07) is 12.8. The normalized spacial score (nSPS) is 15.8. The number of anilines is 2. The molecule has 10 heteroatoms. The van der Waals surface area contributed by atoms with Crippen molar-refractivity contribution in [1.29, 1.82) is 0 Å². The summed E-state index contributed by atoms with van der Waals surface area (Å²) in [4.78, 5) is 33.1. The fourth-order valence-corrected chi connectivity index (χ4v) is 4.67. The highest BCUT2D eigenvalue weighted by molar-refractivity contribution is 6.35. The van der Waals surface area contributed by atoms with Crippen molar-refractivity contribution in [3.05, 3.63) is 84.5 Å². The van der Waals surface area contributed by atoms with Crippen LogP contribution in [0.5, 0.6) is 0 Å². The van der Waals surface area contributed by atoms with Crippen LogP contribution in [0.4, 0.5) is 11.6 Å². The molecule has 3 heterocycles. The third-order valence-electron chi connectivity index (χ3n) is 5.93. The molecule has 2 aromatic carbocycles. The lowest BCUT2D eigenvalue weighted by molar-refractivity contribution is 0.154. The molecular formula is C23H21Cl2N5O3. The number of imidazole rings is 1. The number of rotatable bonds is 3. The van der Waals surface area contributed by atoms with Gasteiger partial charge in [0.05, 0.1) is 25.7 Å². The number of aryl methyl sites for hydroxylation is 2. The lowest BCUT2D eigenvalue weighted by Crippen LogP contribution is -2.42. The van der Waals surface area contributed by atoms with Crippen molar-refractivity contribution in [2.24, 2.45) is 7.05 Å². The summed E-state index contributed by atoms with van der Waals surface area (Å²) in [6.07, 6.45) is -0.716. The van der Waals surface area contributed by atoms with Crippen LogP contribution in [0, 0.1) is 6.92 Å². The highest BCUT2D eigenvalue weighted by Gasteiger charge is 2.30. The molecule has 0 fully saturated rings. The zero-order valence-corrected chi connectivity index (χ0v) is 19.5. The fraction of sp³-hybridized carbons (Fsp3) is 0.261. The number of β-amino-alcohol motifs (C(OH)–C–C–N with tert-alkyl or cyclic N) is 1. The van der Waals surface area contributed by atoms with E-state index in [1.165, 1.54) is 4.57 Å². The summed E-state index contributed by atoms with van der Waals surface area (Å²) in [5.74, 6) is 0.508. The predicted octanol–water partition coefficient (Wildman–Crippen LogP) is 3.07. The van der Waals surface area contributed by atoms with Gasteiger partial charge in [-0.25, -0.2) is 4.79 Å². The van der Waals surface area contributed by atoms with E-state index in [4.69, 9.17) is 23.2 Å². The number of aromatic nitrogens is 4. The zero-order chi connectivity index (χ0) is 23.4. The molecule has 2 aromatic heterocycles. The molecule has 1 atom stereocenters. The van der Waals surface area contributed by atoms with Crippen LogP contribution in [0.25, 0.3) is 11.2 Å². The molecule has 5 rings (SSSR count). The maximum atomic E-state index is 13.5. The minimum Gasteiger partial charge on any atom is -0.389 e. The molecular weight excluding hydrogens is 465 g/mol. The smallest absolute Gasteiger partial charge is 0.332 e. The molecule has 0 spiro atoms. The number of hydrogen-bond acceptors (Lipinski definition) is 5. The van der Waals surface area contributed by atoms with E-state index in [-0.39, 0.29) is 24.3 Å². The monoisotopic (exact) mass is 485 g/mol. The quantitative estimate of drug-likeness (QED) is 0.481. The van der Waals surface area contributed by atoms with E-state index >= 15 is 0 Å². The summed E-state index contributed by atoms with van der Waals surface area (Å²) in [6.45, 7) is 2.51. The van der Waals surface area contributed by atoms with Crippen molar-refractivity contribution in [2.75, 3.05) is 11.4 Å². The first-order valence-corrected chi connectivity index (χ1v) is 11.2. The Morgan fingerprint density at radius 3 is 2.52 bits per heavy atom. The van der Waals surface area contributed by atoms with Gasteiger partial charge in [-0.2, -0.15) is 4.98 Å². The third kappa shape index (κ3) is 3.64. The SMILES string of the molecule is Cc1ccc(N2C[C@@H](O)Cn3c2nc2c3c(=O)n(Cc3ccc(Cl)cc3Cl)c(=O)n2C)cc1. The van der Waals surface area contributed by atoms with Gasteiger partial charge in [-0.1, -0.05) is 47.0 Å². The molecule has 0 saturated heterocycles. The van der Waals surface area contributed by atoms with Gasteiger partial charge in [0.25, 0.3) is 5.56 Å². The Labute approximate surface area is 198 Å². The van der Waals surface area contributed by atoms with Crippen molar-refractivity contribution in [2.45, 2.75) is 26.1 Å². The highest BCUT2D eigenvalue weighted by atomic mass is 35.5. The number of aliphatic hydroxyl groups is 1. The van der Waals surface area contributed by atoms with Gasteiger partial charge in [-0.3, -0.25) is 13.9 Å². The number of fused-ring (bicyclic) bond motifs is 3. The molecule has 0 saturated carbocycles. The second-order valence-electron chi connectivity index (χ2n) is 8.26. The summed E-state index contributed by atoms with van der Waals surface area (Å²) in [5.41, 5.74) is 2.08. The summed E-state index contributed by atoms with van der Waals surface area (Å²) >= 11 is 12.3. The topological polar surface area (TPSA) is 85.3 Å². The number of halogens is 2. The zero-order valence-electron chi connectivity index (χ0n) is 18.0. The maximum Gasteiger partial charge on any atom is 0.332 e. The maximum absolute atomic E-state index is 13.5. The average Bonchev–Trinajstić information content (AvgIpc) is 3.16. The fourth-order valence-electron chi connectivity index (χ4n) is 4.21. The van der Waals surface area contributed by atoms with Crippen molar-refractivity contribution >= 4 is 46.0 Å². The first-order valence-electron chi connectivity index (χ1n) is 10.4. The Bertz CT molecular complexity index is 1500. The van der Waals surface area contributed by atoms with Crippen molar-refractivity contribution < 1.29 is 5.11 Å². The first-order chi connectivity index (χ1) is 15.7. The summed E-state index contributed by atoms with van der Waals surface area (Å²) < 4.78 is 4.17. The molecule has 4 aromatic rings. The van der Waals surface area contributed by atoms with Crippen LogP contribution in [0.1, 0.15) is 11.1 Å². The summed E-state index contributed by atoms with van der Waals surface area (Å²) in [5, 5.41) is 11.4. The van der Waals surface area contributed by atoms with Gasteiger partial charge in [-0.15, -0.1) is 0 Å². The minimum atomic E-state index is -0.716. The predicted molar refractivity (Wildman–Crippen MR) is 129 cm³/mol. The molecule has 0 bridgehead atoms. The highest BCUT2D eigenvalue weighted by Crippen LogP contribution is 2.31. The van der Waals surface area contributed by atoms with E-state index < -0.39 is 17.4 Å². The third-order valence-corrected chi connectivity index (χ3v) is 6.52. The van der Waals surface area contributed by atoms with Crippen molar-refractivity contribution in [3.63, 3.8) is 0 Å². The Morgan fingerprint density at radius 2 is 1.82 bits per heavy atom. The van der Waals surface area contributed by atoms with Crippen LogP contribution in [-0.4, -0.2) is 36.4 Å². The van der Waals surface area contributed by atoms with Crippen LogP contribution >= 0.6 is 23.2 Å². The van der Waals surface area contributed by atoms with E-state index in [1.807, 2.05) is 36.1 Å². The Hall–Kier alpha value is -3.07. The standard InChI is InChI=1S/C23H21Cl2N5O3/c1-13-3-7-16(8-4-13)28-11-17(31)12-29-19-20(26-22(28)29)27(2)23(33)30(21(19)32)10-14-5-6-15(24)9-18(14)25/h3-9,17,31H,10-12H2,1-2H3/t17-/m1/s1. The van der Waals surface area contributed by atoms with E-state index in [0.717, 1.165) is 15.8 Å². The average molecular weight is 486 g/mol. The molecule has 170 valence electrons. The van der Waals surface area contributed by atoms with E-state index in [0.29, 0.717) is 28.1 Å². The molecule has 33 heavy (non-hydrogen) atoms. The Kier molecular flexibility index (Phi) is 5.31. The molecule has 0 amide bonds. The molecule has 8 nitrogen and oxygen atoms in total. The van der Waals surface area contributed by atoms with Crippen LogP contribution < -0.4 is 16.1 Å². The van der Waals surface area contributed by atoms with Crippen LogP contribution in [0.15, 0.2) is 52.1 Å². The van der Waals surface area contributed by atoms with Gasteiger partial charge in [0.2, 0.25) is 5.95 Å². The lowest BCUT2D eigenvalue weighted by Gasteiger charge is -2.32. The van der Waals surface area contributed by atoms with Crippen LogP contribution in [-0.2, 0) is 20.1 Å². The van der Waals surface area contributed by atoms with Crippen LogP contribution in [0.2, 0.25) is 10.0 Å². The molecule has 0 aliphatic carbocycles. The van der Waals surface area contributed by atoms with Crippen molar-refractivity contribution in [1.82, 2.24) is 18.7 Å². The largest absolute Gasteiger partial charge is 0.389 e. The minimum absolute atomic E-state index is 0.0117. The molecule has 0 radical (unpaired) electrons. The molecule has 1 N–H and O–H groups in total. The molecule has 1 aliphatic heterocycles. The second-order valence-corrected chi connectivity index (χ2v) is 9.11. The Balaban J connectivity index is 1.71. The van der Waals surface area contributed by atoms with E-state index in [2.05, 4.69) is 4.98 Å². The number of aliphatic hydroxyl groups excluding tert-OH is 1. The van der Waals surface area contributed by atoms with Crippen molar-refractivity contribution in [3.8, 4) is 0 Å². The number of nitrogens with zero attached hydrogens (tertiary/aromatic N) is 5. The second kappa shape index (κ2) is 8.06. The van der Waals surface area contributed by atoms with Gasteiger partial charge >= 0.3 is 5.69 Å². The van der Waals surface area contributed by atoms with Gasteiger partial charge in [0.1, 0.15) is 0 Å². The van der Waals surface area contributed by atoms with Gasteiger partial charge in [0, 0.05) is 22.8 Å². The Morgan fingerprint density at radius 1 is 1.09 bits per heavy atom. The number of hydrogen-bond donors (Lipinski definition) is 1. The van der Waals surface area contributed by atoms with Gasteiger partial charge < -0.3 is 14.6 Å². The van der Waals surface area contributed by atoms with Crippen LogP contribution in [0.3, 0.4) is 0 Å². The van der Waals surface area contributed by atoms with Gasteiger partial charge in [-0.05, 0) is 36.8 Å². The van der Waals surface area contributed by atoms with Gasteiger partial charge in [0.15, 0.2) is 11.2 Å². The van der Waals surface area contributed by atoms with E-state index in [1.54, 1.807) is 29.8 Å². The first kappa shape index (κ1) is 21.8. The van der Waals surface area contributed by atoms with E-state index in [9.17, 15) is 14.7 Å². The molecule has 0 unspecified atom stereocenters. The summed E-state index contributed by atoms with van der Waals surface area (Å²) in [7, 11) is 1.58.